The molecule has 0 radical (unpaired) electrons. The summed E-state index contributed by atoms with van der Waals surface area (Å²) in [7, 11) is 1.74. The van der Waals surface area contributed by atoms with Gasteiger partial charge in [-0.1, -0.05) is 0 Å². The van der Waals surface area contributed by atoms with Crippen LogP contribution in [0.2, 0.25) is 0 Å². The maximum absolute atomic E-state index is 8.75. The van der Waals surface area contributed by atoms with E-state index in [0.29, 0.717) is 13.2 Å². The molecule has 0 rings (SSSR count). The number of aliphatic hydroxyl groups excluding tert-OH is 2. The molecule has 0 atom stereocenters. The Bertz CT molecular complexity index is 144. The first-order chi connectivity index (χ1) is 8.85. The van der Waals surface area contributed by atoms with Gasteiger partial charge in [0.2, 0.25) is 0 Å². The van der Waals surface area contributed by atoms with Crippen molar-refractivity contribution < 1.29 is 14.9 Å². The van der Waals surface area contributed by atoms with Gasteiger partial charge in [0.1, 0.15) is 0 Å². The highest BCUT2D eigenvalue weighted by Crippen LogP contribution is 2.03. The molecule has 0 aromatic carbocycles. The molecule has 0 aliphatic carbocycles. The van der Waals surface area contributed by atoms with Crippen LogP contribution in [0.15, 0.2) is 0 Å². The smallest absolute Gasteiger partial charge is 0.0474 e. The van der Waals surface area contributed by atoms with E-state index in [1.165, 1.54) is 0 Å². The standard InChI is InChI=1S/C14H31NO3/c1-18-14-8-11-15(9-4-2-6-12-16)10-5-3-7-13-17/h16-17H,2-14H2,1H3. The number of unbranched alkanes of at least 4 members (excludes halogenated alkanes) is 4. The van der Waals surface area contributed by atoms with Gasteiger partial charge in [0.05, 0.1) is 0 Å². The van der Waals surface area contributed by atoms with Gasteiger partial charge in [-0.15, -0.1) is 0 Å². The zero-order valence-electron chi connectivity index (χ0n) is 11.9. The van der Waals surface area contributed by atoms with Crippen molar-refractivity contribution >= 4 is 0 Å². The van der Waals surface area contributed by atoms with Crippen molar-refractivity contribution in [3.63, 3.8) is 0 Å². The quantitative estimate of drug-likeness (QED) is 0.467. The van der Waals surface area contributed by atoms with Crippen molar-refractivity contribution in [1.82, 2.24) is 4.90 Å². The number of hydrogen-bond acceptors (Lipinski definition) is 4. The average molecular weight is 261 g/mol. The summed E-state index contributed by atoms with van der Waals surface area (Å²) in [5, 5.41) is 17.5. The van der Waals surface area contributed by atoms with Gasteiger partial charge >= 0.3 is 0 Å². The first-order valence-corrected chi connectivity index (χ1v) is 7.28. The monoisotopic (exact) mass is 261 g/mol. The van der Waals surface area contributed by atoms with Crippen molar-refractivity contribution in [3.05, 3.63) is 0 Å². The Kier molecular flexibility index (Phi) is 14.8. The average Bonchev–Trinajstić information content (AvgIpc) is 2.39. The van der Waals surface area contributed by atoms with Crippen LogP contribution in [0.1, 0.15) is 44.9 Å². The molecule has 0 aliphatic heterocycles. The lowest BCUT2D eigenvalue weighted by molar-refractivity contribution is 0.168. The molecule has 18 heavy (non-hydrogen) atoms. The van der Waals surface area contributed by atoms with E-state index in [-0.39, 0.29) is 0 Å². The highest BCUT2D eigenvalue weighted by atomic mass is 16.5. The number of methoxy groups -OCH3 is 1. The van der Waals surface area contributed by atoms with Gasteiger partial charge in [0.15, 0.2) is 0 Å². The van der Waals surface area contributed by atoms with Crippen LogP contribution in [-0.4, -0.2) is 61.7 Å². The Balaban J connectivity index is 3.62. The molecule has 110 valence electrons. The number of aliphatic hydroxyl groups is 2. The topological polar surface area (TPSA) is 52.9 Å². The number of nitrogens with zero attached hydrogens (tertiary/aromatic N) is 1. The molecule has 0 saturated heterocycles. The van der Waals surface area contributed by atoms with Crippen molar-refractivity contribution in [2.24, 2.45) is 0 Å². The highest BCUT2D eigenvalue weighted by molar-refractivity contribution is 4.59. The molecular formula is C14H31NO3. The second-order valence-corrected chi connectivity index (χ2v) is 4.76. The van der Waals surface area contributed by atoms with Crippen LogP contribution in [0.3, 0.4) is 0 Å². The Labute approximate surface area is 112 Å². The summed E-state index contributed by atoms with van der Waals surface area (Å²) in [4.78, 5) is 2.48. The normalized spacial score (nSPS) is 11.3. The summed E-state index contributed by atoms with van der Waals surface area (Å²) >= 11 is 0. The van der Waals surface area contributed by atoms with Crippen molar-refractivity contribution in [1.29, 1.82) is 0 Å². The van der Waals surface area contributed by atoms with E-state index in [1.54, 1.807) is 7.11 Å². The Morgan fingerprint density at radius 1 is 0.722 bits per heavy atom. The molecular weight excluding hydrogens is 230 g/mol. The molecule has 0 bridgehead atoms. The minimum absolute atomic E-state index is 0.306. The van der Waals surface area contributed by atoms with E-state index in [2.05, 4.69) is 4.90 Å². The van der Waals surface area contributed by atoms with Crippen LogP contribution in [0.4, 0.5) is 0 Å². The maximum Gasteiger partial charge on any atom is 0.0474 e. The molecule has 0 fully saturated rings. The molecule has 4 heteroatoms. The van der Waals surface area contributed by atoms with Gasteiger partial charge in [-0.05, 0) is 58.0 Å². The van der Waals surface area contributed by atoms with Gasteiger partial charge in [-0.2, -0.15) is 0 Å². The van der Waals surface area contributed by atoms with Crippen LogP contribution in [-0.2, 0) is 4.74 Å². The molecule has 0 saturated carbocycles. The third kappa shape index (κ3) is 12.3. The maximum atomic E-state index is 8.75. The van der Waals surface area contributed by atoms with Gasteiger partial charge in [0, 0.05) is 33.5 Å². The lowest BCUT2D eigenvalue weighted by Gasteiger charge is -2.22. The summed E-state index contributed by atoms with van der Waals surface area (Å²) in [5.74, 6) is 0. The van der Waals surface area contributed by atoms with Crippen LogP contribution in [0, 0.1) is 0 Å². The fraction of sp³-hybridized carbons (Fsp3) is 1.00. The molecule has 0 aliphatic rings. The first kappa shape index (κ1) is 17.8. The van der Waals surface area contributed by atoms with E-state index in [0.717, 1.165) is 71.2 Å². The van der Waals surface area contributed by atoms with Crippen LogP contribution >= 0.6 is 0 Å². The summed E-state index contributed by atoms with van der Waals surface area (Å²) in [5.41, 5.74) is 0. The van der Waals surface area contributed by atoms with Crippen LogP contribution < -0.4 is 0 Å². The number of rotatable bonds is 14. The predicted molar refractivity (Wildman–Crippen MR) is 74.8 cm³/mol. The van der Waals surface area contributed by atoms with E-state index in [9.17, 15) is 0 Å². The minimum Gasteiger partial charge on any atom is -0.396 e. The zero-order chi connectivity index (χ0) is 13.5. The molecule has 0 spiro atoms. The van der Waals surface area contributed by atoms with E-state index < -0.39 is 0 Å². The van der Waals surface area contributed by atoms with Crippen molar-refractivity contribution in [2.45, 2.75) is 44.9 Å². The highest BCUT2D eigenvalue weighted by Gasteiger charge is 2.04. The SMILES string of the molecule is COCCCN(CCCCCO)CCCCCO. The molecule has 0 heterocycles. The van der Waals surface area contributed by atoms with Crippen molar-refractivity contribution in [2.75, 3.05) is 46.6 Å². The van der Waals surface area contributed by atoms with E-state index in [1.807, 2.05) is 0 Å². The summed E-state index contributed by atoms with van der Waals surface area (Å²) in [6.07, 6.45) is 7.44. The Morgan fingerprint density at radius 3 is 1.67 bits per heavy atom. The molecule has 2 N–H and O–H groups in total. The van der Waals surface area contributed by atoms with Gasteiger partial charge in [0.25, 0.3) is 0 Å². The summed E-state index contributed by atoms with van der Waals surface area (Å²) in [6, 6.07) is 0. The van der Waals surface area contributed by atoms with Gasteiger partial charge < -0.3 is 19.8 Å². The molecule has 0 unspecified atom stereocenters. The van der Waals surface area contributed by atoms with Gasteiger partial charge in [-0.3, -0.25) is 0 Å². The third-order valence-corrected chi connectivity index (χ3v) is 3.09. The van der Waals surface area contributed by atoms with Crippen molar-refractivity contribution in [3.8, 4) is 0 Å². The predicted octanol–water partition coefficient (Wildman–Crippen LogP) is 1.65. The summed E-state index contributed by atoms with van der Waals surface area (Å²) < 4.78 is 5.09. The lowest BCUT2D eigenvalue weighted by Crippen LogP contribution is -2.28. The molecule has 0 aromatic rings. The van der Waals surface area contributed by atoms with Crippen LogP contribution in [0.25, 0.3) is 0 Å². The fourth-order valence-electron chi connectivity index (χ4n) is 2.02. The third-order valence-electron chi connectivity index (χ3n) is 3.09. The number of hydrogen-bond donors (Lipinski definition) is 2. The van der Waals surface area contributed by atoms with Gasteiger partial charge in [-0.25, -0.2) is 0 Å². The molecule has 0 amide bonds. The summed E-state index contributed by atoms with van der Waals surface area (Å²) in [6.45, 7) is 4.75. The molecule has 0 aromatic heterocycles. The molecule has 4 nitrogen and oxygen atoms in total. The lowest BCUT2D eigenvalue weighted by atomic mass is 10.2. The largest absolute Gasteiger partial charge is 0.396 e. The zero-order valence-corrected chi connectivity index (χ0v) is 11.9. The second-order valence-electron chi connectivity index (χ2n) is 4.76. The van der Waals surface area contributed by atoms with Crippen LogP contribution in [0.5, 0.6) is 0 Å². The first-order valence-electron chi connectivity index (χ1n) is 7.28. The second kappa shape index (κ2) is 14.9. The van der Waals surface area contributed by atoms with E-state index >= 15 is 0 Å². The Hall–Kier alpha value is -0.160. The number of ether oxygens (including phenoxy) is 1. The van der Waals surface area contributed by atoms with E-state index in [4.69, 9.17) is 14.9 Å². The Morgan fingerprint density at radius 2 is 1.22 bits per heavy atom. The fourth-order valence-corrected chi connectivity index (χ4v) is 2.02. The minimum atomic E-state index is 0.306.